The highest BCUT2D eigenvalue weighted by atomic mass is 19.4. The minimum Gasteiger partial charge on any atom is -0.378 e. The Morgan fingerprint density at radius 1 is 0.895 bits per heavy atom. The van der Waals surface area contributed by atoms with Crippen LogP contribution in [0.25, 0.3) is 0 Å². The summed E-state index contributed by atoms with van der Waals surface area (Å²) in [7, 11) is 0. The highest BCUT2D eigenvalue weighted by Crippen LogP contribution is 2.32. The molecule has 2 atom stereocenters. The number of ether oxygens (including phenoxy) is 1. The molecule has 0 bridgehead atoms. The molecule has 0 N–H and O–H groups in total. The molecule has 116 valence electrons. The fraction of sp³-hybridized carbons (Fsp3) is 1.00. The van der Waals surface area contributed by atoms with Crippen LogP contribution in [0.4, 0.5) is 13.2 Å². The van der Waals surface area contributed by atoms with Gasteiger partial charge in [-0.2, -0.15) is 13.2 Å². The van der Waals surface area contributed by atoms with Crippen LogP contribution in [0, 0.1) is 5.92 Å². The Morgan fingerprint density at radius 3 is 1.89 bits per heavy atom. The maximum atomic E-state index is 12.7. The van der Waals surface area contributed by atoms with Crippen molar-refractivity contribution in [2.24, 2.45) is 5.92 Å². The first kappa shape index (κ1) is 18.8. The highest BCUT2D eigenvalue weighted by Gasteiger charge is 2.41. The van der Waals surface area contributed by atoms with Crippen molar-refractivity contribution in [2.75, 3.05) is 6.61 Å². The van der Waals surface area contributed by atoms with Gasteiger partial charge in [-0.05, 0) is 13.3 Å². The molecular weight excluding hydrogens is 253 g/mol. The Morgan fingerprint density at radius 2 is 1.42 bits per heavy atom. The zero-order chi connectivity index (χ0) is 14.7. The van der Waals surface area contributed by atoms with E-state index < -0.39 is 18.2 Å². The Kier molecular flexibility index (Phi) is 10.4. The van der Waals surface area contributed by atoms with Crippen molar-refractivity contribution in [1.29, 1.82) is 0 Å². The third-order valence-corrected chi connectivity index (χ3v) is 3.55. The average molecular weight is 282 g/mol. The first-order valence-electron chi connectivity index (χ1n) is 7.61. The first-order valence-corrected chi connectivity index (χ1v) is 7.61. The van der Waals surface area contributed by atoms with Gasteiger partial charge in [0, 0.05) is 6.61 Å². The van der Waals surface area contributed by atoms with Gasteiger partial charge in [0.05, 0.1) is 12.0 Å². The van der Waals surface area contributed by atoms with Gasteiger partial charge in [0.2, 0.25) is 0 Å². The molecule has 19 heavy (non-hydrogen) atoms. The summed E-state index contributed by atoms with van der Waals surface area (Å²) < 4.78 is 43.2. The number of unbranched alkanes of at least 4 members (excludes halogenated alkanes) is 6. The van der Waals surface area contributed by atoms with Crippen molar-refractivity contribution in [3.8, 4) is 0 Å². The van der Waals surface area contributed by atoms with Gasteiger partial charge in [-0.3, -0.25) is 0 Å². The Hall–Kier alpha value is -0.250. The number of hydrogen-bond acceptors (Lipinski definition) is 1. The lowest BCUT2D eigenvalue weighted by Crippen LogP contribution is -2.33. The van der Waals surface area contributed by atoms with Crippen LogP contribution in [0.5, 0.6) is 0 Å². The summed E-state index contributed by atoms with van der Waals surface area (Å²) in [5.41, 5.74) is 0. The molecule has 0 saturated heterocycles. The van der Waals surface area contributed by atoms with Crippen LogP contribution < -0.4 is 0 Å². The van der Waals surface area contributed by atoms with Crippen molar-refractivity contribution < 1.29 is 17.9 Å². The summed E-state index contributed by atoms with van der Waals surface area (Å²) in [5.74, 6) is -1.37. The topological polar surface area (TPSA) is 9.23 Å². The molecule has 0 aromatic rings. The van der Waals surface area contributed by atoms with Gasteiger partial charge in [-0.25, -0.2) is 0 Å². The second-order valence-electron chi connectivity index (χ2n) is 5.23. The van der Waals surface area contributed by atoms with Crippen molar-refractivity contribution in [3.63, 3.8) is 0 Å². The van der Waals surface area contributed by atoms with Crippen LogP contribution in [0.15, 0.2) is 0 Å². The second kappa shape index (κ2) is 10.5. The third kappa shape index (κ3) is 9.31. The molecule has 0 radical (unpaired) electrons. The SMILES string of the molecule is CCCCCCCCCC(OCC)C(C)C(F)(F)F. The van der Waals surface area contributed by atoms with E-state index in [-0.39, 0.29) is 0 Å². The summed E-state index contributed by atoms with van der Waals surface area (Å²) in [5, 5.41) is 0. The van der Waals surface area contributed by atoms with Gasteiger partial charge in [0.25, 0.3) is 0 Å². The van der Waals surface area contributed by atoms with E-state index in [0.29, 0.717) is 13.0 Å². The standard InChI is InChI=1S/C15H29F3O/c1-4-6-7-8-9-10-11-12-14(19-5-2)13(3)15(16,17)18/h13-14H,4-12H2,1-3H3. The molecule has 0 amide bonds. The Labute approximate surface area is 115 Å². The molecule has 0 fully saturated rings. The average Bonchev–Trinajstić information content (AvgIpc) is 2.34. The fourth-order valence-electron chi connectivity index (χ4n) is 2.21. The lowest BCUT2D eigenvalue weighted by molar-refractivity contribution is -0.202. The van der Waals surface area contributed by atoms with Gasteiger partial charge in [-0.15, -0.1) is 0 Å². The first-order chi connectivity index (χ1) is 8.93. The highest BCUT2D eigenvalue weighted by molar-refractivity contribution is 4.73. The molecule has 4 heteroatoms. The number of halogens is 3. The van der Waals surface area contributed by atoms with Gasteiger partial charge < -0.3 is 4.74 Å². The van der Waals surface area contributed by atoms with Crippen molar-refractivity contribution >= 4 is 0 Å². The van der Waals surface area contributed by atoms with E-state index >= 15 is 0 Å². The Bertz CT molecular complexity index is 204. The fourth-order valence-corrected chi connectivity index (χ4v) is 2.21. The molecule has 0 rings (SSSR count). The van der Waals surface area contributed by atoms with Crippen LogP contribution in [0.3, 0.4) is 0 Å². The van der Waals surface area contributed by atoms with Crippen LogP contribution >= 0.6 is 0 Å². The number of hydrogen-bond donors (Lipinski definition) is 0. The second-order valence-corrected chi connectivity index (χ2v) is 5.23. The summed E-state index contributed by atoms with van der Waals surface area (Å²) in [6.07, 6.45) is 3.56. The minimum absolute atomic E-state index is 0.349. The molecule has 0 aliphatic heterocycles. The van der Waals surface area contributed by atoms with E-state index in [9.17, 15) is 13.2 Å². The van der Waals surface area contributed by atoms with Gasteiger partial charge in [0.15, 0.2) is 0 Å². The normalized spacial score (nSPS) is 15.5. The molecular formula is C15H29F3O. The van der Waals surface area contributed by atoms with E-state index in [2.05, 4.69) is 6.92 Å². The Balaban J connectivity index is 3.83. The predicted octanol–water partition coefficient (Wildman–Crippen LogP) is 5.73. The quantitative estimate of drug-likeness (QED) is 0.440. The minimum atomic E-state index is -4.15. The van der Waals surface area contributed by atoms with E-state index in [1.165, 1.54) is 32.6 Å². The van der Waals surface area contributed by atoms with Crippen LogP contribution in [-0.4, -0.2) is 18.9 Å². The van der Waals surface area contributed by atoms with Gasteiger partial charge in [0.1, 0.15) is 0 Å². The smallest absolute Gasteiger partial charge is 0.378 e. The lowest BCUT2D eigenvalue weighted by Gasteiger charge is -2.25. The van der Waals surface area contributed by atoms with Gasteiger partial charge in [-0.1, -0.05) is 58.8 Å². The molecule has 0 aliphatic carbocycles. The largest absolute Gasteiger partial charge is 0.394 e. The predicted molar refractivity (Wildman–Crippen MR) is 73.2 cm³/mol. The molecule has 0 heterocycles. The summed E-state index contributed by atoms with van der Waals surface area (Å²) >= 11 is 0. The molecule has 0 aliphatic rings. The van der Waals surface area contributed by atoms with E-state index in [1.807, 2.05) is 0 Å². The molecule has 0 aromatic heterocycles. The van der Waals surface area contributed by atoms with Crippen LogP contribution in [-0.2, 0) is 4.74 Å². The summed E-state index contributed by atoms with van der Waals surface area (Å²) in [6, 6.07) is 0. The summed E-state index contributed by atoms with van der Waals surface area (Å²) in [6.45, 7) is 5.50. The molecule has 1 nitrogen and oxygen atoms in total. The van der Waals surface area contributed by atoms with E-state index in [4.69, 9.17) is 4.74 Å². The van der Waals surface area contributed by atoms with Crippen LogP contribution in [0.2, 0.25) is 0 Å². The molecule has 2 unspecified atom stereocenters. The zero-order valence-electron chi connectivity index (χ0n) is 12.6. The number of alkyl halides is 3. The summed E-state index contributed by atoms with van der Waals surface area (Å²) in [4.78, 5) is 0. The number of rotatable bonds is 11. The monoisotopic (exact) mass is 282 g/mol. The zero-order valence-corrected chi connectivity index (χ0v) is 12.6. The maximum Gasteiger partial charge on any atom is 0.394 e. The molecule has 0 aromatic carbocycles. The van der Waals surface area contributed by atoms with Crippen molar-refractivity contribution in [2.45, 2.75) is 84.4 Å². The lowest BCUT2D eigenvalue weighted by atomic mass is 9.97. The maximum absolute atomic E-state index is 12.7. The third-order valence-electron chi connectivity index (χ3n) is 3.55. The van der Waals surface area contributed by atoms with Crippen molar-refractivity contribution in [3.05, 3.63) is 0 Å². The molecule has 0 spiro atoms. The van der Waals surface area contributed by atoms with Crippen LogP contribution in [0.1, 0.15) is 72.1 Å². The van der Waals surface area contributed by atoms with Crippen molar-refractivity contribution in [1.82, 2.24) is 0 Å². The van der Waals surface area contributed by atoms with E-state index in [0.717, 1.165) is 19.3 Å². The van der Waals surface area contributed by atoms with E-state index in [1.54, 1.807) is 6.92 Å². The van der Waals surface area contributed by atoms with Gasteiger partial charge >= 0.3 is 6.18 Å². The molecule has 0 saturated carbocycles.